The first-order valence-electron chi connectivity index (χ1n) is 7.00. The summed E-state index contributed by atoms with van der Waals surface area (Å²) in [5, 5.41) is 4.41. The molecular weight excluding hydrogens is 276 g/mol. The van der Waals surface area contributed by atoms with Crippen LogP contribution in [0.25, 0.3) is 16.9 Å². The number of carbonyl (C=O) groups excluding carboxylic acids is 1. The summed E-state index contributed by atoms with van der Waals surface area (Å²) < 4.78 is 6.56. The van der Waals surface area contributed by atoms with Gasteiger partial charge in [-0.3, -0.25) is 0 Å². The molecule has 0 spiro atoms. The quantitative estimate of drug-likeness (QED) is 0.692. The van der Waals surface area contributed by atoms with Gasteiger partial charge in [-0.15, -0.1) is 0 Å². The number of carbonyl (C=O) groups is 1. The zero-order chi connectivity index (χ0) is 15.5. The number of methoxy groups -OCH3 is 1. The van der Waals surface area contributed by atoms with Crippen molar-refractivity contribution < 1.29 is 9.53 Å². The van der Waals surface area contributed by atoms with Crippen molar-refractivity contribution in [1.29, 1.82) is 0 Å². The second-order valence-electron chi connectivity index (χ2n) is 4.97. The van der Waals surface area contributed by atoms with Gasteiger partial charge in [0.15, 0.2) is 5.69 Å². The smallest absolute Gasteiger partial charge is 0.358 e. The van der Waals surface area contributed by atoms with Gasteiger partial charge >= 0.3 is 5.97 Å². The second-order valence-corrected chi connectivity index (χ2v) is 4.97. The number of hydrogen-bond acceptors (Lipinski definition) is 3. The van der Waals surface area contributed by atoms with E-state index in [9.17, 15) is 4.79 Å². The van der Waals surface area contributed by atoms with Gasteiger partial charge in [-0.05, 0) is 30.7 Å². The molecule has 0 atom stereocenters. The number of para-hydroxylation sites is 1. The van der Waals surface area contributed by atoms with Crippen LogP contribution in [-0.2, 0) is 4.74 Å². The minimum absolute atomic E-state index is 0.296. The van der Waals surface area contributed by atoms with Crippen LogP contribution in [0.1, 0.15) is 16.1 Å². The highest BCUT2D eigenvalue weighted by molar-refractivity contribution is 5.89. The molecule has 0 N–H and O–H groups in total. The Kier molecular flexibility index (Phi) is 3.74. The molecule has 0 saturated carbocycles. The van der Waals surface area contributed by atoms with Gasteiger partial charge < -0.3 is 4.74 Å². The average Bonchev–Trinajstić information content (AvgIpc) is 3.00. The van der Waals surface area contributed by atoms with E-state index in [1.54, 1.807) is 10.7 Å². The van der Waals surface area contributed by atoms with E-state index in [-0.39, 0.29) is 0 Å². The van der Waals surface area contributed by atoms with Crippen LogP contribution in [0.5, 0.6) is 0 Å². The third-order valence-corrected chi connectivity index (χ3v) is 3.53. The molecule has 4 heteroatoms. The first-order valence-corrected chi connectivity index (χ1v) is 7.00. The number of ether oxygens (including phenoxy) is 1. The van der Waals surface area contributed by atoms with E-state index in [0.29, 0.717) is 5.69 Å². The van der Waals surface area contributed by atoms with Crippen LogP contribution in [0, 0.1) is 6.92 Å². The van der Waals surface area contributed by atoms with Crippen LogP contribution in [0.4, 0.5) is 0 Å². The Bertz CT molecular complexity index is 807. The topological polar surface area (TPSA) is 44.1 Å². The summed E-state index contributed by atoms with van der Waals surface area (Å²) in [7, 11) is 1.36. The van der Waals surface area contributed by atoms with Crippen molar-refractivity contribution in [3.05, 3.63) is 71.9 Å². The average molecular weight is 292 g/mol. The summed E-state index contributed by atoms with van der Waals surface area (Å²) in [6.45, 7) is 2.04. The molecule has 0 radical (unpaired) electrons. The number of hydrogen-bond donors (Lipinski definition) is 0. The van der Waals surface area contributed by atoms with Crippen molar-refractivity contribution in [1.82, 2.24) is 9.78 Å². The van der Waals surface area contributed by atoms with E-state index in [0.717, 1.165) is 22.5 Å². The zero-order valence-electron chi connectivity index (χ0n) is 12.5. The molecule has 4 nitrogen and oxygen atoms in total. The van der Waals surface area contributed by atoms with E-state index < -0.39 is 5.97 Å². The van der Waals surface area contributed by atoms with Gasteiger partial charge in [0.25, 0.3) is 0 Å². The van der Waals surface area contributed by atoms with Crippen LogP contribution in [0.2, 0.25) is 0 Å². The maximum absolute atomic E-state index is 11.8. The molecule has 0 amide bonds. The van der Waals surface area contributed by atoms with Crippen molar-refractivity contribution in [2.24, 2.45) is 0 Å². The number of rotatable bonds is 3. The molecule has 1 heterocycles. The van der Waals surface area contributed by atoms with Crippen molar-refractivity contribution in [3.63, 3.8) is 0 Å². The van der Waals surface area contributed by atoms with Crippen molar-refractivity contribution in [2.45, 2.75) is 6.92 Å². The second kappa shape index (κ2) is 5.85. The van der Waals surface area contributed by atoms with Crippen LogP contribution in [0.15, 0.2) is 60.7 Å². The molecule has 3 aromatic rings. The van der Waals surface area contributed by atoms with Gasteiger partial charge in [0.05, 0.1) is 18.5 Å². The minimum Gasteiger partial charge on any atom is -0.464 e. The lowest BCUT2D eigenvalue weighted by Gasteiger charge is -2.09. The highest BCUT2D eigenvalue weighted by Gasteiger charge is 2.17. The molecular formula is C18H16N2O2. The first-order chi connectivity index (χ1) is 10.7. The van der Waals surface area contributed by atoms with E-state index in [1.807, 2.05) is 61.5 Å². The number of nitrogens with zero attached hydrogens (tertiary/aromatic N) is 2. The minimum atomic E-state index is -0.440. The van der Waals surface area contributed by atoms with Crippen molar-refractivity contribution >= 4 is 5.97 Å². The fourth-order valence-corrected chi connectivity index (χ4v) is 2.40. The van der Waals surface area contributed by atoms with Gasteiger partial charge in [0.2, 0.25) is 0 Å². The molecule has 0 fully saturated rings. The third-order valence-electron chi connectivity index (χ3n) is 3.53. The van der Waals surface area contributed by atoms with Crippen LogP contribution < -0.4 is 0 Å². The maximum atomic E-state index is 11.8. The lowest BCUT2D eigenvalue weighted by molar-refractivity contribution is 0.0593. The van der Waals surface area contributed by atoms with E-state index in [4.69, 9.17) is 4.74 Å². The zero-order valence-corrected chi connectivity index (χ0v) is 12.5. The Morgan fingerprint density at radius 1 is 1.05 bits per heavy atom. The van der Waals surface area contributed by atoms with Gasteiger partial charge in [-0.25, -0.2) is 9.48 Å². The monoisotopic (exact) mass is 292 g/mol. The standard InChI is InChI=1S/C18H16N2O2/c1-13-8-6-7-11-15(13)17-12-16(18(21)22-2)19-20(17)14-9-4-3-5-10-14/h3-12H,1-2H3. The number of benzene rings is 2. The SMILES string of the molecule is COC(=O)c1cc(-c2ccccc2C)n(-c2ccccc2)n1. The Labute approximate surface area is 129 Å². The normalized spacial score (nSPS) is 10.5. The molecule has 1 aromatic heterocycles. The van der Waals surface area contributed by atoms with Crippen LogP contribution >= 0.6 is 0 Å². The Balaban J connectivity index is 2.22. The number of aryl methyl sites for hydroxylation is 1. The third kappa shape index (κ3) is 2.51. The van der Waals surface area contributed by atoms with Crippen LogP contribution in [0.3, 0.4) is 0 Å². The number of esters is 1. The molecule has 0 aliphatic heterocycles. The number of aromatic nitrogens is 2. The molecule has 3 rings (SSSR count). The molecule has 0 saturated heterocycles. The Morgan fingerprint density at radius 3 is 2.41 bits per heavy atom. The first kappa shape index (κ1) is 14.1. The molecule has 0 bridgehead atoms. The van der Waals surface area contributed by atoms with E-state index in [2.05, 4.69) is 5.10 Å². The summed E-state index contributed by atoms with van der Waals surface area (Å²) >= 11 is 0. The Morgan fingerprint density at radius 2 is 1.73 bits per heavy atom. The van der Waals surface area contributed by atoms with Crippen molar-refractivity contribution in [2.75, 3.05) is 7.11 Å². The summed E-state index contributed by atoms with van der Waals surface area (Å²) in [6, 6.07) is 19.5. The highest BCUT2D eigenvalue weighted by Crippen LogP contribution is 2.27. The molecule has 2 aromatic carbocycles. The molecule has 0 aliphatic carbocycles. The maximum Gasteiger partial charge on any atom is 0.358 e. The predicted molar refractivity (Wildman–Crippen MR) is 85.1 cm³/mol. The van der Waals surface area contributed by atoms with Gasteiger partial charge in [-0.2, -0.15) is 5.10 Å². The van der Waals surface area contributed by atoms with Gasteiger partial charge in [-0.1, -0.05) is 42.5 Å². The highest BCUT2D eigenvalue weighted by atomic mass is 16.5. The molecule has 0 unspecified atom stereocenters. The van der Waals surface area contributed by atoms with Gasteiger partial charge in [0, 0.05) is 5.56 Å². The fraction of sp³-hybridized carbons (Fsp3) is 0.111. The molecule has 22 heavy (non-hydrogen) atoms. The van der Waals surface area contributed by atoms with Crippen molar-refractivity contribution in [3.8, 4) is 16.9 Å². The molecule has 110 valence electrons. The van der Waals surface area contributed by atoms with Gasteiger partial charge in [0.1, 0.15) is 0 Å². The van der Waals surface area contributed by atoms with E-state index in [1.165, 1.54) is 7.11 Å². The lowest BCUT2D eigenvalue weighted by atomic mass is 10.1. The fourth-order valence-electron chi connectivity index (χ4n) is 2.40. The summed E-state index contributed by atoms with van der Waals surface area (Å²) in [5.74, 6) is -0.440. The lowest BCUT2D eigenvalue weighted by Crippen LogP contribution is -2.04. The van der Waals surface area contributed by atoms with Crippen LogP contribution in [-0.4, -0.2) is 22.9 Å². The summed E-state index contributed by atoms with van der Waals surface area (Å²) in [6.07, 6.45) is 0. The predicted octanol–water partition coefficient (Wildman–Crippen LogP) is 3.63. The summed E-state index contributed by atoms with van der Waals surface area (Å²) in [4.78, 5) is 11.8. The van der Waals surface area contributed by atoms with E-state index >= 15 is 0 Å². The summed E-state index contributed by atoms with van der Waals surface area (Å²) in [5.41, 5.74) is 4.22. The largest absolute Gasteiger partial charge is 0.464 e. The molecule has 0 aliphatic rings. The Hall–Kier alpha value is -2.88.